The summed E-state index contributed by atoms with van der Waals surface area (Å²) in [5.41, 5.74) is -4.62. The third-order valence-electron chi connectivity index (χ3n) is 8.60. The van der Waals surface area contributed by atoms with Gasteiger partial charge < -0.3 is 60.4 Å². The number of benzene rings is 1. The van der Waals surface area contributed by atoms with Crippen molar-refractivity contribution in [3.8, 4) is 0 Å². The molecule has 0 amide bonds. The molecule has 2 unspecified atom stereocenters. The fraction of sp³-hybridized carbons (Fsp3) is 0.760. The van der Waals surface area contributed by atoms with Crippen molar-refractivity contribution in [2.45, 2.75) is 243 Å². The standard InChI is InChI=1S/C50H93N3O16Si5/c1-38(2)56-71(58-44(5,6)7,59-45(8,9)10)65-70(34-26-31-52-37-42-36-43(53(54)55)28-27-41(42)35-40-29-32-51-33-30-40)66-72(57-39(3)4,60-46(11,12)13)68-74(63-49(20,21)22,64-50(23,24)25)69-73(67-70,61-47(14,15)16)62-48(17,18)19/h27-30,32-33,36-39H,26,31,34-35H2,1-25H3. The summed E-state index contributed by atoms with van der Waals surface area (Å²) >= 11 is 0. The second-order valence-corrected chi connectivity index (χ2v) is 37.7. The Morgan fingerprint density at radius 3 is 1.47 bits per heavy atom. The van der Waals surface area contributed by atoms with Crippen LogP contribution in [-0.4, -0.2) is 119 Å². The Kier molecular flexibility index (Phi) is 22.0. The first kappa shape index (κ1) is 66.2. The van der Waals surface area contributed by atoms with Gasteiger partial charge in [0.15, 0.2) is 0 Å². The smallest absolute Gasteiger partial charge is 0.350 e. The van der Waals surface area contributed by atoms with Gasteiger partial charge in [0.1, 0.15) is 0 Å². The molecule has 0 saturated carbocycles. The summed E-state index contributed by atoms with van der Waals surface area (Å²) in [6, 6.07) is 8.48. The zero-order chi connectivity index (χ0) is 56.8. The third kappa shape index (κ3) is 23.9. The van der Waals surface area contributed by atoms with Gasteiger partial charge in [-0.1, -0.05) is 6.07 Å². The molecule has 1 aromatic heterocycles. The van der Waals surface area contributed by atoms with E-state index in [4.69, 9.17) is 65.4 Å². The van der Waals surface area contributed by atoms with Crippen LogP contribution < -0.4 is 0 Å². The lowest BCUT2D eigenvalue weighted by molar-refractivity contribution is -0.384. The van der Waals surface area contributed by atoms with Gasteiger partial charge in [-0.15, -0.1) is 0 Å². The highest BCUT2D eigenvalue weighted by molar-refractivity contribution is 6.87. The zero-order valence-electron chi connectivity index (χ0n) is 49.5. The van der Waals surface area contributed by atoms with Gasteiger partial charge >= 0.3 is 45.0 Å². The maximum Gasteiger partial charge on any atom is 0.673 e. The molecule has 1 aliphatic rings. The molecule has 74 heavy (non-hydrogen) atoms. The lowest BCUT2D eigenvalue weighted by Crippen LogP contribution is -2.79. The molecular formula is C50H93N3O16Si5. The topological polar surface area (TPSA) is 198 Å². The van der Waals surface area contributed by atoms with Crippen LogP contribution >= 0.6 is 0 Å². The quantitative estimate of drug-likeness (QED) is 0.0376. The van der Waals surface area contributed by atoms with Crippen LogP contribution in [0.2, 0.25) is 6.04 Å². The van der Waals surface area contributed by atoms with Crippen molar-refractivity contribution in [1.29, 1.82) is 0 Å². The second-order valence-electron chi connectivity index (χ2n) is 25.8. The lowest BCUT2D eigenvalue weighted by atomic mass is 10.0. The number of hydrogen-bond acceptors (Lipinski definition) is 18. The van der Waals surface area contributed by atoms with Crippen molar-refractivity contribution >= 4 is 56.9 Å². The van der Waals surface area contributed by atoms with E-state index >= 15 is 0 Å². The number of aliphatic imine (C=N–C) groups is 1. The van der Waals surface area contributed by atoms with Crippen molar-refractivity contribution in [2.24, 2.45) is 4.99 Å². The van der Waals surface area contributed by atoms with Gasteiger partial charge in [0, 0.05) is 61.1 Å². The van der Waals surface area contributed by atoms with E-state index in [0.29, 0.717) is 12.0 Å². The Bertz CT molecular complexity index is 2100. The summed E-state index contributed by atoms with van der Waals surface area (Å²) < 4.78 is 101. The fourth-order valence-corrected chi connectivity index (χ4v) is 28.4. The molecule has 1 aliphatic heterocycles. The van der Waals surface area contributed by atoms with Crippen molar-refractivity contribution in [1.82, 2.24) is 4.98 Å². The van der Waals surface area contributed by atoms with Crippen molar-refractivity contribution in [3.63, 3.8) is 0 Å². The molecule has 424 valence electrons. The summed E-state index contributed by atoms with van der Waals surface area (Å²) in [6.45, 7) is 46.6. The maximum atomic E-state index is 12.0. The summed E-state index contributed by atoms with van der Waals surface area (Å²) in [6.07, 6.45) is 4.63. The maximum absolute atomic E-state index is 12.0. The molecular weight excluding hydrogens is 1040 g/mol. The average Bonchev–Trinajstić information content (AvgIpc) is 3.08. The molecule has 3 rings (SSSR count). The highest BCUT2D eigenvalue weighted by atomic mass is 28.6. The summed E-state index contributed by atoms with van der Waals surface area (Å²) in [5, 5.41) is 12.0. The Balaban J connectivity index is 2.62. The zero-order valence-corrected chi connectivity index (χ0v) is 54.5. The lowest BCUT2D eigenvalue weighted by Gasteiger charge is -2.52. The van der Waals surface area contributed by atoms with E-state index in [9.17, 15) is 10.1 Å². The van der Waals surface area contributed by atoms with Gasteiger partial charge in [0.25, 0.3) is 5.69 Å². The molecule has 0 spiro atoms. The van der Waals surface area contributed by atoms with E-state index < -0.39 is 101 Å². The highest BCUT2D eigenvalue weighted by Crippen LogP contribution is 2.45. The monoisotopic (exact) mass is 1130 g/mol. The van der Waals surface area contributed by atoms with Gasteiger partial charge in [0.05, 0.1) is 44.1 Å². The molecule has 1 fully saturated rings. The van der Waals surface area contributed by atoms with E-state index in [-0.39, 0.29) is 24.7 Å². The molecule has 0 bridgehead atoms. The van der Waals surface area contributed by atoms with Crippen LogP contribution in [0.4, 0.5) is 5.69 Å². The molecule has 0 N–H and O–H groups in total. The van der Waals surface area contributed by atoms with E-state index in [1.165, 1.54) is 12.1 Å². The van der Waals surface area contributed by atoms with Crippen LogP contribution in [0.25, 0.3) is 0 Å². The Morgan fingerprint density at radius 2 is 1.05 bits per heavy atom. The van der Waals surface area contributed by atoms with Crippen LogP contribution in [0.5, 0.6) is 0 Å². The summed E-state index contributed by atoms with van der Waals surface area (Å²) in [5.74, 6) is 0. The van der Waals surface area contributed by atoms with E-state index in [0.717, 1.165) is 11.1 Å². The van der Waals surface area contributed by atoms with Gasteiger partial charge in [0.2, 0.25) is 0 Å². The molecule has 0 aliphatic carbocycles. The first-order valence-corrected chi connectivity index (χ1v) is 34.1. The van der Waals surface area contributed by atoms with Crippen LogP contribution in [0.15, 0.2) is 47.7 Å². The summed E-state index contributed by atoms with van der Waals surface area (Å²) in [7, 11) is -24.2. The fourth-order valence-electron chi connectivity index (χ4n) is 7.06. The van der Waals surface area contributed by atoms with Crippen molar-refractivity contribution in [2.75, 3.05) is 6.54 Å². The van der Waals surface area contributed by atoms with Crippen LogP contribution in [-0.2, 0) is 66.8 Å². The molecule has 0 radical (unpaired) electrons. The van der Waals surface area contributed by atoms with Crippen molar-refractivity contribution in [3.05, 3.63) is 69.5 Å². The Morgan fingerprint density at radius 1 is 0.622 bits per heavy atom. The molecule has 1 saturated heterocycles. The molecule has 24 heteroatoms. The van der Waals surface area contributed by atoms with Gasteiger partial charge in [-0.2, -0.15) is 0 Å². The van der Waals surface area contributed by atoms with Crippen LogP contribution in [0, 0.1) is 10.1 Å². The number of hydrogen-bond donors (Lipinski definition) is 0. The van der Waals surface area contributed by atoms with E-state index in [1.807, 2.05) is 185 Å². The third-order valence-corrected chi connectivity index (χ3v) is 27.9. The average molecular weight is 1130 g/mol. The first-order chi connectivity index (χ1) is 33.2. The Labute approximate surface area is 449 Å². The van der Waals surface area contributed by atoms with Gasteiger partial charge in [-0.3, -0.25) is 20.1 Å². The van der Waals surface area contributed by atoms with Crippen LogP contribution in [0.3, 0.4) is 0 Å². The summed E-state index contributed by atoms with van der Waals surface area (Å²) in [4.78, 5) is 20.6. The highest BCUT2D eigenvalue weighted by Gasteiger charge is 2.78. The van der Waals surface area contributed by atoms with Crippen LogP contribution in [0.1, 0.15) is 196 Å². The van der Waals surface area contributed by atoms with Gasteiger partial charge in [-0.05, 0) is 209 Å². The normalized spacial score (nSPS) is 20.9. The molecule has 2 heterocycles. The minimum Gasteiger partial charge on any atom is -0.350 e. The number of aromatic nitrogens is 1. The molecule has 2 aromatic rings. The van der Waals surface area contributed by atoms with Gasteiger partial charge in [-0.25, -0.2) is 0 Å². The number of nitro benzene ring substituents is 1. The van der Waals surface area contributed by atoms with E-state index in [1.54, 1.807) is 24.7 Å². The molecule has 1 aromatic carbocycles. The molecule has 2 atom stereocenters. The Hall–Kier alpha value is -2.04. The minimum atomic E-state index is -4.95. The molecule has 19 nitrogen and oxygen atoms in total. The number of nitrogens with zero attached hydrogens (tertiary/aromatic N) is 3. The predicted octanol–water partition coefficient (Wildman–Crippen LogP) is 11.7. The number of pyridine rings is 1. The number of non-ortho nitro benzene ring substituents is 1. The van der Waals surface area contributed by atoms with E-state index in [2.05, 4.69) is 4.98 Å². The minimum absolute atomic E-state index is 0.0681. The SMILES string of the molecule is CC(C)O[Si](OC(C)(C)C)(OC(C)(C)C)O[Si]1(CCCN=Cc2cc([N+](=O)[O-])ccc2Cc2ccncc2)O[Si](OC(C)C)(OC(C)(C)C)O[Si](OC(C)(C)C)(OC(C)(C)C)O[Si](OC(C)(C)C)(OC(C)(C)C)O1. The number of nitro groups is 1. The predicted molar refractivity (Wildman–Crippen MR) is 295 cm³/mol. The number of rotatable bonds is 21. The van der Waals surface area contributed by atoms with Crippen molar-refractivity contribution < 1.29 is 65.3 Å². The second kappa shape index (κ2) is 24.5. The first-order valence-electron chi connectivity index (χ1n) is 25.6. The largest absolute Gasteiger partial charge is 0.673 e.